The number of ether oxygens (including phenoxy) is 1. The molecule has 3 nitrogen and oxygen atoms in total. The van der Waals surface area contributed by atoms with Crippen LogP contribution < -0.4 is 5.32 Å². The number of aryl methyl sites for hydroxylation is 1. The van der Waals surface area contributed by atoms with E-state index in [-0.39, 0.29) is 5.91 Å². The van der Waals surface area contributed by atoms with Gasteiger partial charge in [-0.2, -0.15) is 0 Å². The van der Waals surface area contributed by atoms with Gasteiger partial charge >= 0.3 is 0 Å². The second-order valence-electron chi connectivity index (χ2n) is 6.60. The van der Waals surface area contributed by atoms with E-state index in [4.69, 9.17) is 4.74 Å². The fraction of sp³-hybridized carbons (Fsp3) is 0.571. The van der Waals surface area contributed by atoms with Crippen LogP contribution in [0.4, 0.5) is 0 Å². The zero-order valence-electron chi connectivity index (χ0n) is 14.8. The molecule has 1 aromatic carbocycles. The summed E-state index contributed by atoms with van der Waals surface area (Å²) >= 11 is 0. The second-order valence-corrected chi connectivity index (χ2v) is 6.60. The first-order chi connectivity index (χ1) is 11.7. The number of rotatable bonds is 8. The van der Waals surface area contributed by atoms with Crippen molar-refractivity contribution in [1.82, 2.24) is 5.32 Å². The highest BCUT2D eigenvalue weighted by atomic mass is 16.5. The number of hydrogen-bond donors (Lipinski definition) is 1. The zero-order valence-corrected chi connectivity index (χ0v) is 14.8. The van der Waals surface area contributed by atoms with E-state index < -0.39 is 0 Å². The van der Waals surface area contributed by atoms with Crippen molar-refractivity contribution in [3.05, 3.63) is 35.4 Å². The molecule has 1 aromatic rings. The van der Waals surface area contributed by atoms with Gasteiger partial charge in [0, 0.05) is 31.6 Å². The van der Waals surface area contributed by atoms with Gasteiger partial charge in [0.2, 0.25) is 5.91 Å². The van der Waals surface area contributed by atoms with Crippen molar-refractivity contribution in [2.45, 2.75) is 51.9 Å². The summed E-state index contributed by atoms with van der Waals surface area (Å²) in [5.41, 5.74) is 2.27. The van der Waals surface area contributed by atoms with Crippen LogP contribution in [0.25, 0.3) is 0 Å². The Balaban J connectivity index is 1.47. The number of hydrogen-bond acceptors (Lipinski definition) is 2. The largest absolute Gasteiger partial charge is 0.379 e. The molecule has 130 valence electrons. The van der Waals surface area contributed by atoms with Crippen molar-refractivity contribution in [3.63, 3.8) is 0 Å². The summed E-state index contributed by atoms with van der Waals surface area (Å²) < 4.78 is 5.63. The minimum atomic E-state index is 0.0941. The number of unbranched alkanes of at least 4 members (excludes halogenated alkanes) is 1. The molecule has 1 amide bonds. The first-order valence-electron chi connectivity index (χ1n) is 9.14. The first-order valence-corrected chi connectivity index (χ1v) is 9.14. The smallest absolute Gasteiger partial charge is 0.220 e. The highest BCUT2D eigenvalue weighted by Gasteiger charge is 2.14. The monoisotopic (exact) mass is 327 g/mol. The molecule has 0 aromatic heterocycles. The van der Waals surface area contributed by atoms with E-state index in [1.165, 1.54) is 31.2 Å². The van der Waals surface area contributed by atoms with Crippen LogP contribution >= 0.6 is 0 Å². The van der Waals surface area contributed by atoms with Gasteiger partial charge in [0.15, 0.2) is 0 Å². The SMILES string of the molecule is Cc1ccc(C#CCCCC(=O)NCCOCC2CCCC2)cc1. The summed E-state index contributed by atoms with van der Waals surface area (Å²) in [6.45, 7) is 4.15. The summed E-state index contributed by atoms with van der Waals surface area (Å²) in [4.78, 5) is 11.7. The molecule has 1 aliphatic carbocycles. The molecule has 2 rings (SSSR count). The van der Waals surface area contributed by atoms with Crippen molar-refractivity contribution in [2.75, 3.05) is 19.8 Å². The summed E-state index contributed by atoms with van der Waals surface area (Å²) in [5.74, 6) is 7.10. The van der Waals surface area contributed by atoms with Crippen molar-refractivity contribution >= 4 is 5.91 Å². The number of amides is 1. The summed E-state index contributed by atoms with van der Waals surface area (Å²) in [6, 6.07) is 8.18. The maximum atomic E-state index is 11.7. The summed E-state index contributed by atoms with van der Waals surface area (Å²) in [5, 5.41) is 2.91. The van der Waals surface area contributed by atoms with Crippen LogP contribution in [-0.2, 0) is 9.53 Å². The Bertz CT molecular complexity index is 547. The number of nitrogens with one attached hydrogen (secondary N) is 1. The molecule has 0 aliphatic heterocycles. The van der Waals surface area contributed by atoms with Gasteiger partial charge in [-0.1, -0.05) is 42.4 Å². The minimum absolute atomic E-state index is 0.0941. The first kappa shape index (κ1) is 18.5. The van der Waals surface area contributed by atoms with Gasteiger partial charge in [0.1, 0.15) is 0 Å². The van der Waals surface area contributed by atoms with Gasteiger partial charge in [-0.15, -0.1) is 0 Å². The molecule has 1 fully saturated rings. The lowest BCUT2D eigenvalue weighted by atomic mass is 10.1. The predicted octanol–water partition coefficient (Wildman–Crippen LogP) is 3.84. The molecule has 0 heterocycles. The molecule has 0 saturated heterocycles. The van der Waals surface area contributed by atoms with Gasteiger partial charge in [-0.25, -0.2) is 0 Å². The molecule has 0 bridgehead atoms. The van der Waals surface area contributed by atoms with E-state index in [9.17, 15) is 4.79 Å². The van der Waals surface area contributed by atoms with Gasteiger partial charge in [0.05, 0.1) is 6.61 Å². The van der Waals surface area contributed by atoms with Gasteiger partial charge in [-0.05, 0) is 44.2 Å². The van der Waals surface area contributed by atoms with Crippen LogP contribution in [0.5, 0.6) is 0 Å². The van der Waals surface area contributed by atoms with Gasteiger partial charge in [-0.3, -0.25) is 4.79 Å². The molecule has 24 heavy (non-hydrogen) atoms. The third kappa shape index (κ3) is 7.66. The Morgan fingerprint density at radius 2 is 2.00 bits per heavy atom. The maximum Gasteiger partial charge on any atom is 0.220 e. The van der Waals surface area contributed by atoms with E-state index in [0.29, 0.717) is 19.6 Å². The van der Waals surface area contributed by atoms with Crippen LogP contribution in [0.1, 0.15) is 56.1 Å². The summed E-state index contributed by atoms with van der Waals surface area (Å²) in [6.07, 6.45) is 7.37. The molecule has 1 aliphatic rings. The normalized spacial score (nSPS) is 14.2. The van der Waals surface area contributed by atoms with Crippen molar-refractivity contribution < 1.29 is 9.53 Å². The van der Waals surface area contributed by atoms with E-state index in [0.717, 1.165) is 30.9 Å². The Kier molecular flexibility index (Phi) is 8.41. The molecule has 1 N–H and O–H groups in total. The highest BCUT2D eigenvalue weighted by molar-refractivity contribution is 5.75. The number of benzene rings is 1. The van der Waals surface area contributed by atoms with Gasteiger partial charge < -0.3 is 10.1 Å². The van der Waals surface area contributed by atoms with Crippen LogP contribution in [0.3, 0.4) is 0 Å². The Labute approximate surface area is 146 Å². The molecular weight excluding hydrogens is 298 g/mol. The maximum absolute atomic E-state index is 11.7. The van der Waals surface area contributed by atoms with E-state index in [1.54, 1.807) is 0 Å². The average molecular weight is 327 g/mol. The molecule has 0 atom stereocenters. The zero-order chi connectivity index (χ0) is 17.0. The molecule has 3 heteroatoms. The molecule has 0 spiro atoms. The quantitative estimate of drug-likeness (QED) is 0.582. The van der Waals surface area contributed by atoms with E-state index in [1.807, 2.05) is 12.1 Å². The van der Waals surface area contributed by atoms with Crippen molar-refractivity contribution in [3.8, 4) is 11.8 Å². The van der Waals surface area contributed by atoms with Crippen molar-refractivity contribution in [1.29, 1.82) is 0 Å². The fourth-order valence-corrected chi connectivity index (χ4v) is 2.92. The standard InChI is InChI=1S/C21H29NO2/c1-18-11-13-19(14-12-18)7-3-2-4-10-21(23)22-15-16-24-17-20-8-5-6-9-20/h11-14,20H,2,4-6,8-10,15-17H2,1H3,(H,22,23). The molecule has 0 radical (unpaired) electrons. The third-order valence-corrected chi connectivity index (χ3v) is 4.39. The van der Waals surface area contributed by atoms with E-state index in [2.05, 4.69) is 36.2 Å². The third-order valence-electron chi connectivity index (χ3n) is 4.39. The van der Waals surface area contributed by atoms with Crippen LogP contribution in [0.15, 0.2) is 24.3 Å². The predicted molar refractivity (Wildman–Crippen MR) is 97.7 cm³/mol. The highest BCUT2D eigenvalue weighted by Crippen LogP contribution is 2.24. The minimum Gasteiger partial charge on any atom is -0.379 e. The molecule has 0 unspecified atom stereocenters. The van der Waals surface area contributed by atoms with Crippen molar-refractivity contribution in [2.24, 2.45) is 5.92 Å². The number of carbonyl (C=O) groups excluding carboxylic acids is 1. The Hall–Kier alpha value is -1.79. The number of carbonyl (C=O) groups is 1. The topological polar surface area (TPSA) is 38.3 Å². The fourth-order valence-electron chi connectivity index (χ4n) is 2.92. The molecular formula is C21H29NO2. The lowest BCUT2D eigenvalue weighted by Crippen LogP contribution is -2.27. The molecule has 1 saturated carbocycles. The van der Waals surface area contributed by atoms with Crippen LogP contribution in [0, 0.1) is 24.7 Å². The van der Waals surface area contributed by atoms with E-state index >= 15 is 0 Å². The Morgan fingerprint density at radius 1 is 1.25 bits per heavy atom. The second kappa shape index (κ2) is 10.9. The van der Waals surface area contributed by atoms with Gasteiger partial charge in [0.25, 0.3) is 0 Å². The summed E-state index contributed by atoms with van der Waals surface area (Å²) in [7, 11) is 0. The van der Waals surface area contributed by atoms with Crippen LogP contribution in [-0.4, -0.2) is 25.7 Å². The van der Waals surface area contributed by atoms with Crippen LogP contribution in [0.2, 0.25) is 0 Å². The lowest BCUT2D eigenvalue weighted by Gasteiger charge is -2.10. The lowest BCUT2D eigenvalue weighted by molar-refractivity contribution is -0.121. The Morgan fingerprint density at radius 3 is 2.75 bits per heavy atom. The average Bonchev–Trinajstić information content (AvgIpc) is 3.09.